The number of fused-ring (bicyclic) bond motifs is 1. The molecule has 0 bridgehead atoms. The van der Waals surface area contributed by atoms with E-state index in [1.54, 1.807) is 5.51 Å². The lowest BCUT2D eigenvalue weighted by molar-refractivity contribution is -0.151. The maximum absolute atomic E-state index is 13.4. The van der Waals surface area contributed by atoms with E-state index in [1.807, 2.05) is 5.43 Å². The number of amides is 4. The summed E-state index contributed by atoms with van der Waals surface area (Å²) in [6, 6.07) is 1.09. The minimum Gasteiger partial charge on any atom is -0.504 e. The van der Waals surface area contributed by atoms with Crippen LogP contribution in [0.5, 0.6) is 11.5 Å². The summed E-state index contributed by atoms with van der Waals surface area (Å²) in [5.41, 5.74) is 9.88. The average Bonchev–Trinajstić information content (AvgIpc) is 3.70. The number of thiazole rings is 1. The van der Waals surface area contributed by atoms with Crippen molar-refractivity contribution in [2.75, 3.05) is 17.2 Å². The topological polar surface area (TPSA) is 262 Å². The Hall–Kier alpha value is -4.73. The normalized spacial score (nSPS) is 18.2. The number of aromatic nitrogens is 3. The van der Waals surface area contributed by atoms with Gasteiger partial charge in [-0.05, 0) is 29.3 Å². The highest BCUT2D eigenvalue weighted by molar-refractivity contribution is 8.01. The standard InChI is InChI=1S/C24H21N9O8S4/c25-23-28-11(7-43-23)14(29-18(37)19(38)31-26-4-9-1-2-12(34)13(35)3-9)17(36)30-15-20(39)33-16(22(40)41)10(5-42-21(15)33)6-44-24-32-27-8-45-24/h1-4,7-8,14-15,21,34-35H,5-6H2,(H2,25,28)(H,29,37)(H,30,36)(H,31,38)(H,40,41)/t14?,15?,21-/m1/s1. The number of aliphatic carboxylic acids is 1. The number of aromatic hydroxyl groups is 2. The number of thioether (sulfide) groups is 2. The number of anilines is 1. The van der Waals surface area contributed by atoms with Crippen LogP contribution >= 0.6 is 46.2 Å². The Morgan fingerprint density at radius 3 is 2.67 bits per heavy atom. The summed E-state index contributed by atoms with van der Waals surface area (Å²) in [4.78, 5) is 68.9. The molecular weight excluding hydrogens is 671 g/mol. The average molecular weight is 692 g/mol. The molecule has 0 saturated carbocycles. The van der Waals surface area contributed by atoms with Gasteiger partial charge in [-0.15, -0.1) is 33.3 Å². The number of nitrogens with two attached hydrogens (primary N) is 1. The van der Waals surface area contributed by atoms with Crippen molar-refractivity contribution in [2.24, 2.45) is 5.10 Å². The third-order valence-corrected chi connectivity index (χ3v) is 10.2. The minimum absolute atomic E-state index is 0.00116. The number of carbonyl (C=O) groups excluding carboxylic acids is 4. The largest absolute Gasteiger partial charge is 0.504 e. The molecule has 2 aliphatic heterocycles. The number of carboxylic acids is 1. The molecule has 3 atom stereocenters. The van der Waals surface area contributed by atoms with E-state index in [0.717, 1.165) is 22.5 Å². The Balaban J connectivity index is 1.25. The maximum atomic E-state index is 13.4. The van der Waals surface area contributed by atoms with Crippen LogP contribution in [0.15, 0.2) is 49.8 Å². The maximum Gasteiger partial charge on any atom is 0.352 e. The first kappa shape index (κ1) is 31.7. The fourth-order valence-electron chi connectivity index (χ4n) is 4.15. The summed E-state index contributed by atoms with van der Waals surface area (Å²) in [6.45, 7) is 0. The summed E-state index contributed by atoms with van der Waals surface area (Å²) in [7, 11) is 0. The van der Waals surface area contributed by atoms with Crippen LogP contribution in [-0.4, -0.2) is 94.1 Å². The van der Waals surface area contributed by atoms with Crippen LogP contribution in [0.2, 0.25) is 0 Å². The number of phenolic OH excluding ortho intramolecular Hbond substituents is 2. The molecular formula is C24H21N9O8S4. The molecule has 1 saturated heterocycles. The van der Waals surface area contributed by atoms with Crippen molar-refractivity contribution in [3.8, 4) is 11.5 Å². The van der Waals surface area contributed by atoms with Gasteiger partial charge < -0.3 is 31.7 Å². The predicted octanol–water partition coefficient (Wildman–Crippen LogP) is -0.173. The smallest absolute Gasteiger partial charge is 0.352 e. The van der Waals surface area contributed by atoms with Crippen LogP contribution in [0.4, 0.5) is 5.13 Å². The van der Waals surface area contributed by atoms with Crippen molar-refractivity contribution in [2.45, 2.75) is 21.8 Å². The zero-order valence-corrected chi connectivity index (χ0v) is 25.7. The van der Waals surface area contributed by atoms with E-state index in [-0.39, 0.29) is 33.8 Å². The number of nitrogen functional groups attached to an aromatic ring is 1. The molecule has 4 heterocycles. The van der Waals surface area contributed by atoms with E-state index in [0.29, 0.717) is 15.5 Å². The zero-order valence-electron chi connectivity index (χ0n) is 22.4. The molecule has 1 fully saturated rings. The highest BCUT2D eigenvalue weighted by atomic mass is 32.2. The number of hydrogen-bond acceptors (Lipinski definition) is 16. The van der Waals surface area contributed by atoms with Gasteiger partial charge in [-0.25, -0.2) is 15.2 Å². The highest BCUT2D eigenvalue weighted by Crippen LogP contribution is 2.42. The van der Waals surface area contributed by atoms with Gasteiger partial charge in [-0.3, -0.25) is 24.1 Å². The summed E-state index contributed by atoms with van der Waals surface area (Å²) >= 11 is 4.84. The van der Waals surface area contributed by atoms with Gasteiger partial charge in [0.05, 0.1) is 11.9 Å². The molecule has 21 heteroatoms. The molecule has 0 aliphatic carbocycles. The van der Waals surface area contributed by atoms with Crippen LogP contribution in [0.25, 0.3) is 0 Å². The molecule has 1 aromatic carbocycles. The molecule has 234 valence electrons. The van der Waals surface area contributed by atoms with Gasteiger partial charge in [-0.2, -0.15) is 5.10 Å². The molecule has 8 N–H and O–H groups in total. The number of hydrazone groups is 1. The first-order valence-electron chi connectivity index (χ1n) is 12.5. The van der Waals surface area contributed by atoms with E-state index in [1.165, 1.54) is 58.4 Å². The Morgan fingerprint density at radius 1 is 1.20 bits per heavy atom. The zero-order chi connectivity index (χ0) is 32.2. The third kappa shape index (κ3) is 7.00. The van der Waals surface area contributed by atoms with Crippen molar-refractivity contribution < 1.29 is 39.3 Å². The highest BCUT2D eigenvalue weighted by Gasteiger charge is 2.54. The number of rotatable bonds is 10. The third-order valence-electron chi connectivity index (χ3n) is 6.22. The molecule has 45 heavy (non-hydrogen) atoms. The summed E-state index contributed by atoms with van der Waals surface area (Å²) in [5.74, 6) is -5.57. The Morgan fingerprint density at radius 2 is 2.00 bits per heavy atom. The second-order valence-electron chi connectivity index (χ2n) is 9.11. The Bertz CT molecular complexity index is 1730. The molecule has 2 unspecified atom stereocenters. The first-order chi connectivity index (χ1) is 21.5. The van der Waals surface area contributed by atoms with Gasteiger partial charge in [0.15, 0.2) is 27.0 Å². The lowest BCUT2D eigenvalue weighted by atomic mass is 10.0. The van der Waals surface area contributed by atoms with Gasteiger partial charge in [0.2, 0.25) is 5.91 Å². The van der Waals surface area contributed by atoms with Crippen molar-refractivity contribution in [3.63, 3.8) is 0 Å². The Labute approximate surface area is 269 Å². The number of hydrogen-bond donors (Lipinski definition) is 7. The number of nitrogens with zero attached hydrogens (tertiary/aromatic N) is 5. The van der Waals surface area contributed by atoms with Gasteiger partial charge in [0.1, 0.15) is 22.6 Å². The molecule has 17 nitrogen and oxygen atoms in total. The summed E-state index contributed by atoms with van der Waals surface area (Å²) in [6.07, 6.45) is 1.10. The van der Waals surface area contributed by atoms with Crippen molar-refractivity contribution in [1.82, 2.24) is 36.1 Å². The molecule has 0 radical (unpaired) electrons. The summed E-state index contributed by atoms with van der Waals surface area (Å²) < 4.78 is 0.647. The fourth-order valence-corrected chi connectivity index (χ4v) is 7.71. The quantitative estimate of drug-likeness (QED) is 0.0364. The van der Waals surface area contributed by atoms with Crippen molar-refractivity contribution in [3.05, 3.63) is 51.6 Å². The SMILES string of the molecule is Nc1nc(C(NC(=O)C(=O)NN=Cc2ccc(O)c(O)c2)C(=O)NC2C(=O)N3C(C(=O)O)=C(CSc4nncs4)CS[C@H]23)cs1. The molecule has 5 rings (SSSR count). The number of β-lactam (4-membered cyclic amide) rings is 1. The number of carbonyl (C=O) groups is 5. The number of benzene rings is 1. The predicted molar refractivity (Wildman–Crippen MR) is 163 cm³/mol. The number of phenols is 2. The molecule has 0 spiro atoms. The lowest BCUT2D eigenvalue weighted by Crippen LogP contribution is -2.71. The van der Waals surface area contributed by atoms with Crippen LogP contribution in [0, 0.1) is 0 Å². The van der Waals surface area contributed by atoms with Gasteiger partial charge >= 0.3 is 17.8 Å². The fraction of sp³-hybridized carbons (Fsp3) is 0.208. The number of nitrogens with one attached hydrogen (secondary N) is 3. The van der Waals surface area contributed by atoms with Crippen LogP contribution in [0.1, 0.15) is 17.3 Å². The van der Waals surface area contributed by atoms with Crippen LogP contribution < -0.4 is 21.8 Å². The molecule has 3 aromatic rings. The van der Waals surface area contributed by atoms with Crippen molar-refractivity contribution >= 4 is 87.1 Å². The Kier molecular flexibility index (Phi) is 9.51. The first-order valence-corrected chi connectivity index (χ1v) is 16.3. The second kappa shape index (κ2) is 13.5. The van der Waals surface area contributed by atoms with E-state index in [4.69, 9.17) is 5.73 Å². The monoisotopic (exact) mass is 691 g/mol. The number of carboxylic acid groups (broad SMARTS) is 1. The molecule has 4 amide bonds. The van der Waals surface area contributed by atoms with E-state index in [2.05, 4.69) is 30.9 Å². The van der Waals surface area contributed by atoms with Crippen molar-refractivity contribution in [1.29, 1.82) is 0 Å². The van der Waals surface area contributed by atoms with E-state index in [9.17, 15) is 39.3 Å². The van der Waals surface area contributed by atoms with E-state index < -0.39 is 52.8 Å². The summed E-state index contributed by atoms with van der Waals surface area (Å²) in [5, 5.41) is 45.6. The minimum atomic E-state index is -1.54. The molecule has 2 aliphatic rings. The molecule has 2 aromatic heterocycles. The van der Waals surface area contributed by atoms with Crippen LogP contribution in [0.3, 0.4) is 0 Å². The van der Waals surface area contributed by atoms with E-state index >= 15 is 0 Å². The van der Waals surface area contributed by atoms with Gasteiger partial charge in [0.25, 0.3) is 5.91 Å². The lowest BCUT2D eigenvalue weighted by Gasteiger charge is -2.49. The van der Waals surface area contributed by atoms with Gasteiger partial charge in [0, 0.05) is 16.9 Å². The van der Waals surface area contributed by atoms with Gasteiger partial charge in [-0.1, -0.05) is 23.1 Å². The van der Waals surface area contributed by atoms with Crippen LogP contribution in [-0.2, 0) is 24.0 Å². The second-order valence-corrected chi connectivity index (χ2v) is 13.2.